The van der Waals surface area contributed by atoms with Crippen molar-refractivity contribution in [3.63, 3.8) is 0 Å². The molecule has 0 radical (unpaired) electrons. The Bertz CT molecular complexity index is 485. The van der Waals surface area contributed by atoms with Crippen molar-refractivity contribution in [1.82, 2.24) is 0 Å². The first-order chi connectivity index (χ1) is 6.61. The first-order valence-electron chi connectivity index (χ1n) is 3.92. The van der Waals surface area contributed by atoms with E-state index >= 15 is 0 Å². The van der Waals surface area contributed by atoms with Gasteiger partial charge < -0.3 is 15.8 Å². The van der Waals surface area contributed by atoms with Crippen LogP contribution in [0, 0.1) is 3.57 Å². The van der Waals surface area contributed by atoms with Crippen LogP contribution in [0.2, 0.25) is 0 Å². The van der Waals surface area contributed by atoms with Crippen LogP contribution in [0.5, 0.6) is 0 Å². The molecule has 0 aliphatic heterocycles. The number of benzene rings is 1. The second kappa shape index (κ2) is 3.69. The Morgan fingerprint density at radius 2 is 2.14 bits per heavy atom. The maximum absolute atomic E-state index is 9.10. The van der Waals surface area contributed by atoms with Crippen molar-refractivity contribution in [3.05, 3.63) is 21.1 Å². The van der Waals surface area contributed by atoms with E-state index in [4.69, 9.17) is 15.8 Å². The fraction of sp³-hybridized carbons (Fsp3) is 0. The highest BCUT2D eigenvalue weighted by molar-refractivity contribution is 14.1. The summed E-state index contributed by atoms with van der Waals surface area (Å²) in [5, 5.41) is 21.2. The van der Waals surface area contributed by atoms with Gasteiger partial charge in [-0.2, -0.15) is 0 Å². The molecule has 3 nitrogen and oxygen atoms in total. The van der Waals surface area contributed by atoms with Gasteiger partial charge in [0, 0.05) is 20.1 Å². The molecule has 6 heteroatoms. The normalized spacial score (nSPS) is 10.8. The minimum atomic E-state index is -1.50. The molecule has 1 aromatic carbocycles. The Morgan fingerprint density at radius 1 is 1.43 bits per heavy atom. The van der Waals surface area contributed by atoms with Gasteiger partial charge in [-0.3, -0.25) is 0 Å². The molecule has 0 amide bonds. The van der Waals surface area contributed by atoms with Crippen molar-refractivity contribution >= 4 is 62.3 Å². The summed E-state index contributed by atoms with van der Waals surface area (Å²) in [6.07, 6.45) is 0. The number of hydrogen-bond donors (Lipinski definition) is 3. The van der Waals surface area contributed by atoms with E-state index in [9.17, 15) is 0 Å². The van der Waals surface area contributed by atoms with Gasteiger partial charge >= 0.3 is 7.12 Å². The molecule has 0 atom stereocenters. The van der Waals surface area contributed by atoms with Crippen molar-refractivity contribution in [2.45, 2.75) is 0 Å². The van der Waals surface area contributed by atoms with E-state index in [0.29, 0.717) is 11.2 Å². The van der Waals surface area contributed by atoms with E-state index in [1.54, 1.807) is 6.07 Å². The predicted molar refractivity (Wildman–Crippen MR) is 68.8 cm³/mol. The Balaban J connectivity index is 2.82. The lowest BCUT2D eigenvalue weighted by atomic mass is 9.79. The average Bonchev–Trinajstić information content (AvgIpc) is 2.59. The monoisotopic (exact) mass is 319 g/mol. The minimum Gasteiger partial charge on any atom is -0.423 e. The van der Waals surface area contributed by atoms with Gasteiger partial charge in [0.2, 0.25) is 0 Å². The molecular formula is C8H7BINO2S. The second-order valence-corrected chi connectivity index (χ2v) is 4.98. The molecule has 2 rings (SSSR count). The van der Waals surface area contributed by atoms with Gasteiger partial charge in [-0.1, -0.05) is 0 Å². The molecule has 0 bridgehead atoms. The molecule has 1 aromatic heterocycles. The summed E-state index contributed by atoms with van der Waals surface area (Å²) in [4.78, 5) is 0. The summed E-state index contributed by atoms with van der Waals surface area (Å²) in [7, 11) is -1.50. The van der Waals surface area contributed by atoms with Gasteiger partial charge in [-0.05, 0) is 40.1 Å². The van der Waals surface area contributed by atoms with Gasteiger partial charge in [0.05, 0.1) is 4.70 Å². The summed E-state index contributed by atoms with van der Waals surface area (Å²) in [6.45, 7) is 0. The number of nitrogen functional groups attached to an aromatic ring is 1. The maximum Gasteiger partial charge on any atom is 0.490 e. The molecule has 0 aliphatic carbocycles. The highest BCUT2D eigenvalue weighted by atomic mass is 127. The van der Waals surface area contributed by atoms with Crippen LogP contribution < -0.4 is 11.2 Å². The Kier molecular flexibility index (Phi) is 2.69. The molecule has 2 aromatic rings. The summed E-state index contributed by atoms with van der Waals surface area (Å²) in [6, 6.07) is 3.68. The lowest BCUT2D eigenvalue weighted by Crippen LogP contribution is -2.32. The standard InChI is InChI=1S/C8H7BINO2S/c10-6-3-5(9(12)13)7(11)8-4(6)1-2-14-8/h1-3,12-13H,11H2. The number of anilines is 1. The van der Waals surface area contributed by atoms with Crippen LogP contribution in [0.15, 0.2) is 17.5 Å². The van der Waals surface area contributed by atoms with Crippen LogP contribution >= 0.6 is 33.9 Å². The van der Waals surface area contributed by atoms with Crippen molar-refractivity contribution in [3.8, 4) is 0 Å². The van der Waals surface area contributed by atoms with E-state index in [1.807, 2.05) is 11.4 Å². The Hall–Kier alpha value is -0.305. The SMILES string of the molecule is Nc1c(B(O)O)cc(I)c2ccsc12. The van der Waals surface area contributed by atoms with Gasteiger partial charge in [0.1, 0.15) is 0 Å². The topological polar surface area (TPSA) is 66.5 Å². The smallest absolute Gasteiger partial charge is 0.423 e. The lowest BCUT2D eigenvalue weighted by Gasteiger charge is -2.06. The molecule has 1 heterocycles. The highest BCUT2D eigenvalue weighted by Crippen LogP contribution is 2.29. The maximum atomic E-state index is 9.10. The van der Waals surface area contributed by atoms with Crippen LogP contribution in [0.3, 0.4) is 0 Å². The molecule has 0 unspecified atom stereocenters. The van der Waals surface area contributed by atoms with Crippen molar-refractivity contribution in [2.24, 2.45) is 0 Å². The summed E-state index contributed by atoms with van der Waals surface area (Å²) in [5.74, 6) is 0. The van der Waals surface area contributed by atoms with E-state index in [2.05, 4.69) is 22.6 Å². The number of rotatable bonds is 1. The van der Waals surface area contributed by atoms with Crippen LogP contribution in [0.25, 0.3) is 10.1 Å². The third-order valence-corrected chi connectivity index (χ3v) is 3.88. The zero-order valence-corrected chi connectivity index (χ0v) is 10.0. The first kappa shape index (κ1) is 10.2. The third kappa shape index (κ3) is 1.52. The summed E-state index contributed by atoms with van der Waals surface area (Å²) >= 11 is 3.67. The molecular weight excluding hydrogens is 312 g/mol. The van der Waals surface area contributed by atoms with E-state index in [1.165, 1.54) is 11.3 Å². The average molecular weight is 319 g/mol. The molecule has 14 heavy (non-hydrogen) atoms. The van der Waals surface area contributed by atoms with Gasteiger partial charge in [0.15, 0.2) is 0 Å². The Morgan fingerprint density at radius 3 is 2.79 bits per heavy atom. The summed E-state index contributed by atoms with van der Waals surface area (Å²) < 4.78 is 1.90. The molecule has 0 aliphatic rings. The van der Waals surface area contributed by atoms with Crippen LogP contribution in [-0.4, -0.2) is 17.2 Å². The molecule has 72 valence electrons. The zero-order chi connectivity index (χ0) is 10.3. The Labute approximate surface area is 98.8 Å². The van der Waals surface area contributed by atoms with E-state index in [0.717, 1.165) is 13.7 Å². The predicted octanol–water partition coefficient (Wildman–Crippen LogP) is 0.768. The molecule has 0 spiro atoms. The van der Waals surface area contributed by atoms with Crippen LogP contribution in [0.4, 0.5) is 5.69 Å². The lowest BCUT2D eigenvalue weighted by molar-refractivity contribution is 0.426. The summed E-state index contributed by atoms with van der Waals surface area (Å²) in [5.41, 5.74) is 6.66. The number of fused-ring (bicyclic) bond motifs is 1. The number of nitrogens with two attached hydrogens (primary N) is 1. The first-order valence-corrected chi connectivity index (χ1v) is 5.88. The van der Waals surface area contributed by atoms with Gasteiger partial charge in [-0.25, -0.2) is 0 Å². The largest absolute Gasteiger partial charge is 0.490 e. The van der Waals surface area contributed by atoms with E-state index in [-0.39, 0.29) is 0 Å². The number of hydrogen-bond acceptors (Lipinski definition) is 4. The molecule has 0 fully saturated rings. The fourth-order valence-electron chi connectivity index (χ4n) is 1.34. The minimum absolute atomic E-state index is 0.379. The van der Waals surface area contributed by atoms with Gasteiger partial charge in [-0.15, -0.1) is 11.3 Å². The molecule has 0 saturated heterocycles. The quantitative estimate of drug-likeness (QED) is 0.413. The second-order valence-electron chi connectivity index (χ2n) is 2.90. The van der Waals surface area contributed by atoms with Crippen LogP contribution in [0.1, 0.15) is 0 Å². The number of thiophene rings is 1. The van der Waals surface area contributed by atoms with Crippen LogP contribution in [-0.2, 0) is 0 Å². The van der Waals surface area contributed by atoms with Crippen molar-refractivity contribution in [2.75, 3.05) is 5.73 Å². The van der Waals surface area contributed by atoms with E-state index < -0.39 is 7.12 Å². The molecule has 4 N–H and O–H groups in total. The van der Waals surface area contributed by atoms with Gasteiger partial charge in [0.25, 0.3) is 0 Å². The third-order valence-electron chi connectivity index (χ3n) is 2.04. The van der Waals surface area contributed by atoms with Crippen molar-refractivity contribution < 1.29 is 10.0 Å². The highest BCUT2D eigenvalue weighted by Gasteiger charge is 2.18. The van der Waals surface area contributed by atoms with Crippen molar-refractivity contribution in [1.29, 1.82) is 0 Å². The molecule has 0 saturated carbocycles. The fourth-order valence-corrected chi connectivity index (χ4v) is 3.20. The number of halogens is 1. The zero-order valence-electron chi connectivity index (χ0n) is 7.07.